The van der Waals surface area contributed by atoms with Crippen LogP contribution in [0.4, 0.5) is 5.69 Å². The van der Waals surface area contributed by atoms with Gasteiger partial charge in [0.1, 0.15) is 4.90 Å². The number of nitrogens with zero attached hydrogens (tertiary/aromatic N) is 1. The summed E-state index contributed by atoms with van der Waals surface area (Å²) in [5.41, 5.74) is 0.823. The van der Waals surface area contributed by atoms with Gasteiger partial charge in [0.05, 0.1) is 15.6 Å². The predicted octanol–water partition coefficient (Wildman–Crippen LogP) is 4.55. The van der Waals surface area contributed by atoms with Crippen LogP contribution in [-0.2, 0) is 10.0 Å². The Morgan fingerprint density at radius 3 is 2.56 bits per heavy atom. The molecule has 8 heteroatoms. The van der Waals surface area contributed by atoms with E-state index in [1.807, 2.05) is 0 Å². The normalized spacial score (nSPS) is 11.5. The molecule has 1 aromatic heterocycles. The summed E-state index contributed by atoms with van der Waals surface area (Å²) in [6.07, 6.45) is 1.41. The lowest BCUT2D eigenvalue weighted by Gasteiger charge is -2.12. The van der Waals surface area contributed by atoms with Gasteiger partial charge in [0, 0.05) is 22.8 Å². The molecule has 0 amide bonds. The first-order chi connectivity index (χ1) is 11.8. The van der Waals surface area contributed by atoms with E-state index in [2.05, 4.69) is 9.71 Å². The molecule has 128 valence electrons. The lowest BCUT2D eigenvalue weighted by Crippen LogP contribution is -2.14. The number of anilines is 1. The highest BCUT2D eigenvalue weighted by atomic mass is 35.5. The van der Waals surface area contributed by atoms with Crippen LogP contribution in [-0.4, -0.2) is 19.2 Å². The van der Waals surface area contributed by atoms with Crippen molar-refractivity contribution in [2.45, 2.75) is 11.8 Å². The summed E-state index contributed by atoms with van der Waals surface area (Å²) in [5.74, 6) is -0.169. The number of ketones is 1. The highest BCUT2D eigenvalue weighted by Crippen LogP contribution is 2.33. The molecule has 0 bridgehead atoms. The van der Waals surface area contributed by atoms with Crippen LogP contribution in [0.3, 0.4) is 0 Å². The van der Waals surface area contributed by atoms with Gasteiger partial charge in [-0.3, -0.25) is 14.5 Å². The fraction of sp³-hybridized carbons (Fsp3) is 0.0588. The minimum Gasteiger partial charge on any atom is -0.295 e. The van der Waals surface area contributed by atoms with E-state index in [0.29, 0.717) is 16.0 Å². The number of rotatable bonds is 4. The number of hydrogen-bond donors (Lipinski definition) is 1. The molecule has 25 heavy (non-hydrogen) atoms. The summed E-state index contributed by atoms with van der Waals surface area (Å²) >= 11 is 12.2. The Hall–Kier alpha value is -2.15. The molecule has 0 spiro atoms. The largest absolute Gasteiger partial charge is 0.295 e. The summed E-state index contributed by atoms with van der Waals surface area (Å²) in [6, 6.07) is 10.8. The van der Waals surface area contributed by atoms with Gasteiger partial charge in [0.25, 0.3) is 10.0 Å². The quantitative estimate of drug-likeness (QED) is 0.658. The van der Waals surface area contributed by atoms with Crippen LogP contribution >= 0.6 is 23.2 Å². The third-order valence-corrected chi connectivity index (χ3v) is 5.77. The van der Waals surface area contributed by atoms with Crippen molar-refractivity contribution in [2.24, 2.45) is 0 Å². The van der Waals surface area contributed by atoms with Crippen molar-refractivity contribution in [1.29, 1.82) is 0 Å². The van der Waals surface area contributed by atoms with Gasteiger partial charge in [-0.05, 0) is 37.3 Å². The lowest BCUT2D eigenvalue weighted by molar-refractivity contribution is 0.101. The van der Waals surface area contributed by atoms with E-state index in [0.717, 1.165) is 0 Å². The SMILES string of the molecule is CC(=O)c1cccc(NS(=O)(=O)c2c(Cl)ccc3c(Cl)ccnc23)c1. The minimum atomic E-state index is -4.04. The fourth-order valence-corrected chi connectivity index (χ4v) is 4.35. The molecule has 0 fully saturated rings. The fourth-order valence-electron chi connectivity index (χ4n) is 2.40. The van der Waals surface area contributed by atoms with Crippen molar-refractivity contribution >= 4 is 55.6 Å². The highest BCUT2D eigenvalue weighted by Gasteiger charge is 2.23. The maximum absolute atomic E-state index is 12.9. The molecule has 0 aliphatic rings. The lowest BCUT2D eigenvalue weighted by atomic mass is 10.1. The molecular formula is C17H12Cl2N2O3S. The number of pyridine rings is 1. The topological polar surface area (TPSA) is 76.1 Å². The number of fused-ring (bicyclic) bond motifs is 1. The number of halogens is 2. The maximum atomic E-state index is 12.9. The molecule has 0 saturated heterocycles. The van der Waals surface area contributed by atoms with E-state index >= 15 is 0 Å². The molecule has 3 aromatic rings. The predicted molar refractivity (Wildman–Crippen MR) is 99.0 cm³/mol. The standard InChI is InChI=1S/C17H12Cl2N2O3S/c1-10(22)11-3-2-4-12(9-11)21-25(23,24)17-15(19)6-5-13-14(18)7-8-20-16(13)17/h2-9,21H,1H3. The number of aromatic nitrogens is 1. The van der Waals surface area contributed by atoms with E-state index in [9.17, 15) is 13.2 Å². The molecular weight excluding hydrogens is 383 g/mol. The monoisotopic (exact) mass is 394 g/mol. The van der Waals surface area contributed by atoms with Gasteiger partial charge in [0.15, 0.2) is 5.78 Å². The number of sulfonamides is 1. The average Bonchev–Trinajstić information content (AvgIpc) is 2.54. The summed E-state index contributed by atoms with van der Waals surface area (Å²) in [4.78, 5) is 15.4. The Labute approximate surface area is 154 Å². The van der Waals surface area contributed by atoms with E-state index < -0.39 is 10.0 Å². The van der Waals surface area contributed by atoms with Crippen molar-refractivity contribution in [1.82, 2.24) is 4.98 Å². The number of Topliss-reactive ketones (excluding diaryl/α,β-unsaturated/α-hetero) is 1. The number of carbonyl (C=O) groups is 1. The number of hydrogen-bond acceptors (Lipinski definition) is 4. The molecule has 0 unspecified atom stereocenters. The second kappa shape index (κ2) is 6.63. The van der Waals surface area contributed by atoms with Crippen LogP contribution < -0.4 is 4.72 Å². The zero-order chi connectivity index (χ0) is 18.2. The molecule has 1 heterocycles. The van der Waals surface area contributed by atoms with Gasteiger partial charge in [-0.1, -0.05) is 35.3 Å². The number of nitrogens with one attached hydrogen (secondary N) is 1. The van der Waals surface area contributed by atoms with Gasteiger partial charge in [-0.2, -0.15) is 0 Å². The Morgan fingerprint density at radius 2 is 1.84 bits per heavy atom. The molecule has 0 aliphatic heterocycles. The van der Waals surface area contributed by atoms with E-state index in [-0.39, 0.29) is 26.9 Å². The first-order valence-electron chi connectivity index (χ1n) is 7.16. The van der Waals surface area contributed by atoms with Crippen molar-refractivity contribution in [3.05, 3.63) is 64.3 Å². The molecule has 5 nitrogen and oxygen atoms in total. The summed E-state index contributed by atoms with van der Waals surface area (Å²) in [6.45, 7) is 1.40. The van der Waals surface area contributed by atoms with Crippen LogP contribution in [0.25, 0.3) is 10.9 Å². The Bertz CT molecular complexity index is 1100. The molecule has 0 aliphatic carbocycles. The van der Waals surface area contributed by atoms with E-state index in [4.69, 9.17) is 23.2 Å². The zero-order valence-corrected chi connectivity index (χ0v) is 15.3. The van der Waals surface area contributed by atoms with Crippen LogP contribution in [0.15, 0.2) is 53.6 Å². The van der Waals surface area contributed by atoms with Crippen LogP contribution in [0.2, 0.25) is 10.0 Å². The molecule has 3 rings (SSSR count). The molecule has 0 atom stereocenters. The van der Waals surface area contributed by atoms with E-state index in [1.54, 1.807) is 30.3 Å². The van der Waals surface area contributed by atoms with Gasteiger partial charge < -0.3 is 0 Å². The third-order valence-electron chi connectivity index (χ3n) is 3.56. The first-order valence-corrected chi connectivity index (χ1v) is 9.40. The zero-order valence-electron chi connectivity index (χ0n) is 13.0. The van der Waals surface area contributed by atoms with Gasteiger partial charge in [-0.25, -0.2) is 8.42 Å². The molecule has 0 saturated carbocycles. The van der Waals surface area contributed by atoms with Crippen molar-refractivity contribution < 1.29 is 13.2 Å². The Balaban J connectivity index is 2.14. The molecule has 2 aromatic carbocycles. The van der Waals surface area contributed by atoms with Gasteiger partial charge in [0.2, 0.25) is 0 Å². The van der Waals surface area contributed by atoms with E-state index in [1.165, 1.54) is 25.3 Å². The van der Waals surface area contributed by atoms with Gasteiger partial charge >= 0.3 is 0 Å². The second-order valence-corrected chi connectivity index (χ2v) is 7.74. The Kier molecular flexibility index (Phi) is 4.69. The summed E-state index contributed by atoms with van der Waals surface area (Å²) in [7, 11) is -4.04. The minimum absolute atomic E-state index is 0.0255. The number of benzene rings is 2. The van der Waals surface area contributed by atoms with Gasteiger partial charge in [-0.15, -0.1) is 0 Å². The molecule has 1 N–H and O–H groups in total. The van der Waals surface area contributed by atoms with Crippen LogP contribution in [0.1, 0.15) is 17.3 Å². The average molecular weight is 395 g/mol. The number of carbonyl (C=O) groups excluding carboxylic acids is 1. The maximum Gasteiger partial charge on any atom is 0.265 e. The van der Waals surface area contributed by atoms with Crippen LogP contribution in [0.5, 0.6) is 0 Å². The first kappa shape index (κ1) is 17.7. The van der Waals surface area contributed by atoms with Crippen molar-refractivity contribution in [2.75, 3.05) is 4.72 Å². The third kappa shape index (κ3) is 3.46. The molecule has 0 radical (unpaired) electrons. The Morgan fingerprint density at radius 1 is 1.08 bits per heavy atom. The second-order valence-electron chi connectivity index (χ2n) is 5.31. The summed E-state index contributed by atoms with van der Waals surface area (Å²) in [5, 5.41) is 0.876. The summed E-state index contributed by atoms with van der Waals surface area (Å²) < 4.78 is 28.2. The van der Waals surface area contributed by atoms with Crippen molar-refractivity contribution in [3.8, 4) is 0 Å². The highest BCUT2D eigenvalue weighted by molar-refractivity contribution is 7.93. The van der Waals surface area contributed by atoms with Crippen LogP contribution in [0, 0.1) is 0 Å². The smallest absolute Gasteiger partial charge is 0.265 e. The van der Waals surface area contributed by atoms with Crippen molar-refractivity contribution in [3.63, 3.8) is 0 Å².